The van der Waals surface area contributed by atoms with Crippen molar-refractivity contribution in [3.8, 4) is 0 Å². The second-order valence-electron chi connectivity index (χ2n) is 12.9. The van der Waals surface area contributed by atoms with Crippen LogP contribution in [-0.4, -0.2) is 23.0 Å². The Morgan fingerprint density at radius 2 is 0.522 bits per heavy atom. The van der Waals surface area contributed by atoms with Gasteiger partial charge in [-0.2, -0.15) is 0 Å². The van der Waals surface area contributed by atoms with Gasteiger partial charge in [0.2, 0.25) is 0 Å². The van der Waals surface area contributed by atoms with Gasteiger partial charge in [0.15, 0.2) is 0 Å². The van der Waals surface area contributed by atoms with Crippen molar-refractivity contribution in [2.75, 3.05) is 0 Å². The fourth-order valence-corrected chi connectivity index (χ4v) is 5.28. The molecule has 0 aliphatic heterocycles. The summed E-state index contributed by atoms with van der Waals surface area (Å²) in [5, 5.41) is 28.2. The van der Waals surface area contributed by atoms with E-state index in [-0.39, 0.29) is 36.0 Å². The molecule has 0 atom stereocenters. The third-order valence-corrected chi connectivity index (χ3v) is 8.27. The SMILES string of the molecule is CCC(=O)O.CCCCCCCCCCCCCCCCCC(=O)[O-].CCCCCCCCCCCCCCCCCC(=O)[O-].[Co+2]. The van der Waals surface area contributed by atoms with Gasteiger partial charge in [0.05, 0.1) is 0 Å². The van der Waals surface area contributed by atoms with Crippen LogP contribution in [0.5, 0.6) is 0 Å². The summed E-state index contributed by atoms with van der Waals surface area (Å²) in [6, 6.07) is 0. The summed E-state index contributed by atoms with van der Waals surface area (Å²) < 4.78 is 0. The number of carbonyl (C=O) groups excluding carboxylic acids is 2. The van der Waals surface area contributed by atoms with E-state index in [1.165, 1.54) is 167 Å². The van der Waals surface area contributed by atoms with Crippen molar-refractivity contribution >= 4 is 17.9 Å². The molecule has 0 bridgehead atoms. The van der Waals surface area contributed by atoms with Crippen molar-refractivity contribution in [3.05, 3.63) is 0 Å². The number of hydrogen-bond donors (Lipinski definition) is 1. The zero-order chi connectivity index (χ0) is 34.1. The number of carbonyl (C=O) groups is 3. The first kappa shape index (κ1) is 51.7. The minimum atomic E-state index is -0.903. The molecule has 0 aromatic heterocycles. The Morgan fingerprint density at radius 1 is 0.370 bits per heavy atom. The third kappa shape index (κ3) is 61.8. The van der Waals surface area contributed by atoms with E-state index in [1.54, 1.807) is 6.92 Å². The summed E-state index contributed by atoms with van der Waals surface area (Å²) in [6.45, 7) is 6.13. The van der Waals surface area contributed by atoms with E-state index >= 15 is 0 Å². The van der Waals surface area contributed by atoms with Gasteiger partial charge in [-0.1, -0.05) is 201 Å². The van der Waals surface area contributed by atoms with E-state index in [0.717, 1.165) is 25.7 Å². The summed E-state index contributed by atoms with van der Waals surface area (Å²) in [5.74, 6) is -2.55. The van der Waals surface area contributed by atoms with Gasteiger partial charge < -0.3 is 24.9 Å². The van der Waals surface area contributed by atoms with Crippen molar-refractivity contribution in [1.82, 2.24) is 0 Å². The fraction of sp³-hybridized carbons (Fsp3) is 0.923. The summed E-state index contributed by atoms with van der Waals surface area (Å²) >= 11 is 0. The third-order valence-electron chi connectivity index (χ3n) is 8.27. The maximum atomic E-state index is 10.2. The first-order valence-electron chi connectivity index (χ1n) is 19.4. The van der Waals surface area contributed by atoms with Crippen molar-refractivity contribution in [2.45, 2.75) is 233 Å². The van der Waals surface area contributed by atoms with Gasteiger partial charge in [0.1, 0.15) is 0 Å². The molecule has 0 spiro atoms. The molecule has 0 aliphatic rings. The van der Waals surface area contributed by atoms with Gasteiger partial charge in [-0.3, -0.25) is 4.79 Å². The van der Waals surface area contributed by atoms with Gasteiger partial charge in [-0.05, 0) is 25.7 Å². The Labute approximate surface area is 296 Å². The van der Waals surface area contributed by atoms with Crippen LogP contribution in [0.2, 0.25) is 0 Å². The molecule has 0 unspecified atom stereocenters. The van der Waals surface area contributed by atoms with E-state index < -0.39 is 17.9 Å². The standard InChI is InChI=1S/2C18H36O2.C3H6O2.Co/c2*1-2-3-4-5-6-7-8-9-10-11-12-13-14-15-16-17-18(19)20;1-2-3(4)5;/h2*2-17H2,1H3,(H,19,20);2H2,1H3,(H,4,5);/q;;;+2/p-2. The van der Waals surface area contributed by atoms with Crippen molar-refractivity contribution in [2.24, 2.45) is 0 Å². The summed E-state index contributed by atoms with van der Waals surface area (Å²) in [4.78, 5) is 29.8. The molecule has 0 fully saturated rings. The van der Waals surface area contributed by atoms with Crippen molar-refractivity contribution in [1.29, 1.82) is 0 Å². The molecule has 0 aromatic carbocycles. The second-order valence-corrected chi connectivity index (χ2v) is 12.9. The molecule has 0 saturated carbocycles. The van der Waals surface area contributed by atoms with Crippen LogP contribution in [0, 0.1) is 0 Å². The molecule has 46 heavy (non-hydrogen) atoms. The van der Waals surface area contributed by atoms with E-state index in [0.29, 0.717) is 0 Å². The number of rotatable bonds is 33. The number of carboxylic acids is 3. The summed E-state index contributed by atoms with van der Waals surface area (Å²) in [6.07, 6.45) is 39.9. The number of carboxylic acid groups (broad SMARTS) is 3. The predicted octanol–water partition coefficient (Wildman–Crippen LogP) is 10.5. The molecular formula is C39H76CoO6. The van der Waals surface area contributed by atoms with Crippen molar-refractivity contribution < 1.29 is 46.5 Å². The van der Waals surface area contributed by atoms with E-state index in [2.05, 4.69) is 13.8 Å². The number of unbranched alkanes of at least 4 members (excludes halogenated alkanes) is 28. The average Bonchev–Trinajstić information content (AvgIpc) is 3.01. The van der Waals surface area contributed by atoms with Crippen LogP contribution in [0.1, 0.15) is 233 Å². The molecule has 1 N–H and O–H groups in total. The Bertz CT molecular complexity index is 555. The molecular weight excluding hydrogens is 623 g/mol. The smallest absolute Gasteiger partial charge is 0.550 e. The fourth-order valence-electron chi connectivity index (χ4n) is 5.28. The minimum absolute atomic E-state index is 0. The normalized spacial score (nSPS) is 10.2. The van der Waals surface area contributed by atoms with Crippen LogP contribution in [0.3, 0.4) is 0 Å². The van der Waals surface area contributed by atoms with E-state index in [9.17, 15) is 24.6 Å². The average molecular weight is 700 g/mol. The maximum absolute atomic E-state index is 10.2. The molecule has 0 aliphatic carbocycles. The first-order valence-corrected chi connectivity index (χ1v) is 19.4. The Kier molecular flexibility index (Phi) is 54.3. The predicted molar refractivity (Wildman–Crippen MR) is 187 cm³/mol. The molecule has 0 saturated heterocycles. The molecule has 0 heterocycles. The van der Waals surface area contributed by atoms with Gasteiger partial charge in [-0.25, -0.2) is 0 Å². The molecule has 7 heteroatoms. The summed E-state index contributed by atoms with van der Waals surface area (Å²) in [7, 11) is 0. The summed E-state index contributed by atoms with van der Waals surface area (Å²) in [5.41, 5.74) is 0. The van der Waals surface area contributed by atoms with Crippen LogP contribution >= 0.6 is 0 Å². The van der Waals surface area contributed by atoms with Crippen molar-refractivity contribution in [3.63, 3.8) is 0 Å². The molecule has 0 rings (SSSR count). The van der Waals surface area contributed by atoms with E-state index in [1.807, 2.05) is 0 Å². The Morgan fingerprint density at radius 3 is 0.652 bits per heavy atom. The second kappa shape index (κ2) is 48.3. The van der Waals surface area contributed by atoms with Crippen LogP contribution in [-0.2, 0) is 31.2 Å². The monoisotopic (exact) mass is 699 g/mol. The van der Waals surface area contributed by atoms with Gasteiger partial charge in [0.25, 0.3) is 0 Å². The Balaban J connectivity index is -0.000000327. The zero-order valence-electron chi connectivity index (χ0n) is 30.7. The van der Waals surface area contributed by atoms with Gasteiger partial charge in [-0.15, -0.1) is 0 Å². The van der Waals surface area contributed by atoms with Gasteiger partial charge >= 0.3 is 22.7 Å². The minimum Gasteiger partial charge on any atom is -0.550 e. The van der Waals surface area contributed by atoms with Gasteiger partial charge in [0, 0.05) is 18.4 Å². The maximum Gasteiger partial charge on any atom is 2.00 e. The van der Waals surface area contributed by atoms with Crippen LogP contribution < -0.4 is 10.2 Å². The topological polar surface area (TPSA) is 118 Å². The molecule has 1 radical (unpaired) electrons. The zero-order valence-corrected chi connectivity index (χ0v) is 31.7. The van der Waals surface area contributed by atoms with Crippen LogP contribution in [0.4, 0.5) is 0 Å². The quantitative estimate of drug-likeness (QED) is 0.0681. The van der Waals surface area contributed by atoms with Crippen LogP contribution in [0.25, 0.3) is 0 Å². The Hall–Kier alpha value is -1.08. The first-order chi connectivity index (χ1) is 21.8. The van der Waals surface area contributed by atoms with E-state index in [4.69, 9.17) is 5.11 Å². The largest absolute Gasteiger partial charge is 2.00 e. The molecule has 0 aromatic rings. The molecule has 0 amide bonds. The van der Waals surface area contributed by atoms with Crippen LogP contribution in [0.15, 0.2) is 0 Å². The molecule has 277 valence electrons. The number of aliphatic carboxylic acids is 3. The molecule has 6 nitrogen and oxygen atoms in total. The number of hydrogen-bond acceptors (Lipinski definition) is 5.